The van der Waals surface area contributed by atoms with Gasteiger partial charge >= 0.3 is 5.97 Å². The van der Waals surface area contributed by atoms with Gasteiger partial charge in [-0.3, -0.25) is 14.5 Å². The molecule has 1 saturated heterocycles. The molecule has 0 aromatic carbocycles. The van der Waals surface area contributed by atoms with Gasteiger partial charge in [0.1, 0.15) is 0 Å². The van der Waals surface area contributed by atoms with Crippen molar-refractivity contribution in [2.24, 2.45) is 11.8 Å². The fraction of sp³-hybridized carbons (Fsp3) is 0.846. The van der Waals surface area contributed by atoms with Crippen molar-refractivity contribution in [3.63, 3.8) is 0 Å². The molecule has 102 valence electrons. The molecule has 0 spiro atoms. The van der Waals surface area contributed by atoms with E-state index in [1.54, 1.807) is 0 Å². The molecular formula is C13H22N2O3. The lowest BCUT2D eigenvalue weighted by Gasteiger charge is -2.31. The fourth-order valence-corrected chi connectivity index (χ4v) is 2.51. The third-order valence-corrected chi connectivity index (χ3v) is 3.87. The number of carbonyl (C=O) groups excluding carboxylic acids is 1. The van der Waals surface area contributed by atoms with E-state index in [-0.39, 0.29) is 11.8 Å². The number of likely N-dealkylation sites (N-methyl/N-ethyl adjacent to an activating group) is 1. The van der Waals surface area contributed by atoms with Crippen molar-refractivity contribution in [1.82, 2.24) is 9.80 Å². The first kappa shape index (κ1) is 13.3. The summed E-state index contributed by atoms with van der Waals surface area (Å²) in [6.07, 6.45) is 3.77. The van der Waals surface area contributed by atoms with E-state index in [9.17, 15) is 9.59 Å². The number of carboxylic acid groups (broad SMARTS) is 1. The molecule has 2 aliphatic rings. The summed E-state index contributed by atoms with van der Waals surface area (Å²) >= 11 is 0. The zero-order valence-corrected chi connectivity index (χ0v) is 11.0. The Balaban J connectivity index is 1.71. The topological polar surface area (TPSA) is 60.9 Å². The molecule has 1 heterocycles. The highest BCUT2D eigenvalue weighted by atomic mass is 16.4. The quantitative estimate of drug-likeness (QED) is 0.782. The molecule has 18 heavy (non-hydrogen) atoms. The number of rotatable bonds is 5. The van der Waals surface area contributed by atoms with Crippen LogP contribution in [0.25, 0.3) is 0 Å². The normalized spacial score (nSPS) is 21.3. The molecule has 2 rings (SSSR count). The van der Waals surface area contributed by atoms with Gasteiger partial charge in [0.25, 0.3) is 0 Å². The Morgan fingerprint density at radius 3 is 2.33 bits per heavy atom. The fourth-order valence-electron chi connectivity index (χ4n) is 2.51. The smallest absolute Gasteiger partial charge is 0.306 e. The van der Waals surface area contributed by atoms with E-state index in [2.05, 4.69) is 4.90 Å². The van der Waals surface area contributed by atoms with Crippen LogP contribution in [0.5, 0.6) is 0 Å². The minimum atomic E-state index is -0.729. The van der Waals surface area contributed by atoms with Gasteiger partial charge in [-0.2, -0.15) is 0 Å². The average Bonchev–Trinajstić information content (AvgIpc) is 3.12. The van der Waals surface area contributed by atoms with Gasteiger partial charge in [0.2, 0.25) is 5.91 Å². The summed E-state index contributed by atoms with van der Waals surface area (Å²) in [6.45, 7) is 2.66. The molecule has 5 heteroatoms. The first-order valence-corrected chi connectivity index (χ1v) is 6.75. The van der Waals surface area contributed by atoms with Crippen molar-refractivity contribution < 1.29 is 14.7 Å². The monoisotopic (exact) mass is 254 g/mol. The molecule has 1 aliphatic heterocycles. The number of amides is 1. The van der Waals surface area contributed by atoms with Crippen LogP contribution in [0.3, 0.4) is 0 Å². The minimum Gasteiger partial charge on any atom is -0.481 e. The number of piperidine rings is 1. The third-order valence-electron chi connectivity index (χ3n) is 3.87. The highest BCUT2D eigenvalue weighted by Gasteiger charge is 2.28. The summed E-state index contributed by atoms with van der Waals surface area (Å²) in [5.74, 6) is -0.0614. The number of nitrogens with zero attached hydrogens (tertiary/aromatic N) is 2. The number of hydrogen-bond acceptors (Lipinski definition) is 3. The number of aliphatic carboxylic acids is 1. The van der Waals surface area contributed by atoms with Gasteiger partial charge < -0.3 is 10.0 Å². The van der Waals surface area contributed by atoms with Crippen LogP contribution < -0.4 is 0 Å². The van der Waals surface area contributed by atoms with Crippen molar-refractivity contribution in [1.29, 1.82) is 0 Å². The van der Waals surface area contributed by atoms with E-state index in [0.717, 1.165) is 12.5 Å². The summed E-state index contributed by atoms with van der Waals surface area (Å²) in [5.41, 5.74) is 0. The molecule has 0 aromatic heterocycles. The Kier molecular flexibility index (Phi) is 4.22. The molecule has 1 amide bonds. The molecule has 5 nitrogen and oxygen atoms in total. The maximum Gasteiger partial charge on any atom is 0.306 e. The lowest BCUT2D eigenvalue weighted by molar-refractivity contribution is -0.145. The Hall–Kier alpha value is -1.10. The van der Waals surface area contributed by atoms with Gasteiger partial charge in [0.05, 0.1) is 12.5 Å². The Bertz CT molecular complexity index is 320. The van der Waals surface area contributed by atoms with Crippen LogP contribution in [-0.4, -0.2) is 60.0 Å². The molecule has 2 fully saturated rings. The number of hydrogen-bond donors (Lipinski definition) is 1. The van der Waals surface area contributed by atoms with Gasteiger partial charge in [-0.15, -0.1) is 0 Å². The van der Waals surface area contributed by atoms with Crippen molar-refractivity contribution in [2.45, 2.75) is 25.7 Å². The van der Waals surface area contributed by atoms with Crippen LogP contribution in [0, 0.1) is 11.8 Å². The maximum atomic E-state index is 12.0. The Morgan fingerprint density at radius 1 is 1.22 bits per heavy atom. The second-order valence-corrected chi connectivity index (χ2v) is 5.63. The zero-order chi connectivity index (χ0) is 13.1. The minimum absolute atomic E-state index is 0.141. The molecule has 0 aromatic rings. The van der Waals surface area contributed by atoms with Gasteiger partial charge in [-0.25, -0.2) is 0 Å². The summed E-state index contributed by atoms with van der Waals surface area (Å²) < 4.78 is 0. The van der Waals surface area contributed by atoms with E-state index >= 15 is 0 Å². The predicted octanol–water partition coefficient (Wildman–Crippen LogP) is 0.651. The lowest BCUT2D eigenvalue weighted by Crippen LogP contribution is -2.44. The lowest BCUT2D eigenvalue weighted by atomic mass is 9.97. The van der Waals surface area contributed by atoms with Crippen LogP contribution >= 0.6 is 0 Å². The largest absolute Gasteiger partial charge is 0.481 e. The average molecular weight is 254 g/mol. The van der Waals surface area contributed by atoms with Crippen molar-refractivity contribution in [3.05, 3.63) is 0 Å². The zero-order valence-electron chi connectivity index (χ0n) is 11.0. The SMILES string of the molecule is CN(CC(=O)N1CCC(C(=O)O)CC1)CC1CC1. The van der Waals surface area contributed by atoms with Gasteiger partial charge in [-0.1, -0.05) is 0 Å². The van der Waals surface area contributed by atoms with Gasteiger partial charge in [-0.05, 0) is 38.6 Å². The molecule has 0 unspecified atom stereocenters. The van der Waals surface area contributed by atoms with Crippen LogP contribution in [0.1, 0.15) is 25.7 Å². The first-order chi connectivity index (χ1) is 8.56. The van der Waals surface area contributed by atoms with E-state index in [0.29, 0.717) is 32.5 Å². The van der Waals surface area contributed by atoms with Crippen molar-refractivity contribution in [2.75, 3.05) is 33.2 Å². The number of carbonyl (C=O) groups is 2. The first-order valence-electron chi connectivity index (χ1n) is 6.75. The summed E-state index contributed by atoms with van der Waals surface area (Å²) in [4.78, 5) is 26.7. The second kappa shape index (κ2) is 5.69. The Morgan fingerprint density at radius 2 is 1.83 bits per heavy atom. The maximum absolute atomic E-state index is 12.0. The highest BCUT2D eigenvalue weighted by molar-refractivity contribution is 5.78. The molecular weight excluding hydrogens is 232 g/mol. The predicted molar refractivity (Wildman–Crippen MR) is 67.2 cm³/mol. The van der Waals surface area contributed by atoms with E-state index in [1.807, 2.05) is 11.9 Å². The van der Waals surface area contributed by atoms with Crippen molar-refractivity contribution in [3.8, 4) is 0 Å². The van der Waals surface area contributed by atoms with Crippen LogP contribution in [0.2, 0.25) is 0 Å². The molecule has 1 N–H and O–H groups in total. The summed E-state index contributed by atoms with van der Waals surface area (Å²) in [6, 6.07) is 0. The number of likely N-dealkylation sites (tertiary alicyclic amines) is 1. The van der Waals surface area contributed by atoms with E-state index in [1.165, 1.54) is 12.8 Å². The summed E-state index contributed by atoms with van der Waals surface area (Å²) in [5, 5.41) is 8.90. The standard InChI is InChI=1S/C13H22N2O3/c1-14(8-10-2-3-10)9-12(16)15-6-4-11(5-7-15)13(17)18/h10-11H,2-9H2,1H3,(H,17,18). The number of carboxylic acids is 1. The van der Waals surface area contributed by atoms with E-state index < -0.39 is 5.97 Å². The second-order valence-electron chi connectivity index (χ2n) is 5.63. The molecule has 0 atom stereocenters. The summed E-state index contributed by atoms with van der Waals surface area (Å²) in [7, 11) is 1.99. The Labute approximate surface area is 108 Å². The van der Waals surface area contributed by atoms with Gasteiger partial charge in [0.15, 0.2) is 0 Å². The van der Waals surface area contributed by atoms with Crippen LogP contribution in [0.15, 0.2) is 0 Å². The van der Waals surface area contributed by atoms with Crippen molar-refractivity contribution >= 4 is 11.9 Å². The molecule has 0 bridgehead atoms. The van der Waals surface area contributed by atoms with Gasteiger partial charge in [0, 0.05) is 19.6 Å². The molecule has 1 saturated carbocycles. The van der Waals surface area contributed by atoms with Crippen LogP contribution in [0.4, 0.5) is 0 Å². The van der Waals surface area contributed by atoms with Crippen LogP contribution in [-0.2, 0) is 9.59 Å². The third kappa shape index (κ3) is 3.70. The molecule has 0 radical (unpaired) electrons. The van der Waals surface area contributed by atoms with E-state index in [4.69, 9.17) is 5.11 Å². The molecule has 1 aliphatic carbocycles. The highest BCUT2D eigenvalue weighted by Crippen LogP contribution is 2.29.